The Hall–Kier alpha value is -0.980. The quantitative estimate of drug-likeness (QED) is 0.557. The van der Waals surface area contributed by atoms with E-state index in [-0.39, 0.29) is 0 Å². The second kappa shape index (κ2) is 2.53. The van der Waals surface area contributed by atoms with Gasteiger partial charge in [-0.2, -0.15) is 0 Å². The molecule has 0 aliphatic heterocycles. The molecule has 0 unspecified atom stereocenters. The maximum absolute atomic E-state index is 7.12. The van der Waals surface area contributed by atoms with Crippen molar-refractivity contribution in [3.8, 4) is 5.75 Å². The molecular formula is C8H10O. The zero-order chi connectivity index (χ0) is 9.19. The highest BCUT2D eigenvalue weighted by Crippen LogP contribution is 2.10. The van der Waals surface area contributed by atoms with E-state index in [4.69, 9.17) is 8.85 Å². The molecular weight excluding hydrogens is 112 g/mol. The Kier molecular flexibility index (Phi) is 0.916. The molecule has 1 aromatic carbocycles. The van der Waals surface area contributed by atoms with Gasteiger partial charge in [-0.05, 0) is 24.5 Å². The van der Waals surface area contributed by atoms with Crippen LogP contribution >= 0.6 is 0 Å². The molecule has 0 heterocycles. The predicted octanol–water partition coefficient (Wildman–Crippen LogP) is 2.00. The molecule has 0 aliphatic carbocycles. The number of aryl methyl sites for hydroxylation is 1. The molecule has 0 atom stereocenters. The standard InChI is InChI=1S/C8H10O/c1-7-4-3-5-8(6-7)9-2/h3-6H,1-2H3/i1D3. The third kappa shape index (κ3) is 1.46. The first-order valence-corrected chi connectivity index (χ1v) is 2.68. The predicted molar refractivity (Wildman–Crippen MR) is 37.7 cm³/mol. The summed E-state index contributed by atoms with van der Waals surface area (Å²) in [6.45, 7) is -2.05. The summed E-state index contributed by atoms with van der Waals surface area (Å²) in [5.41, 5.74) is 0.307. The van der Waals surface area contributed by atoms with E-state index in [9.17, 15) is 0 Å². The molecule has 0 bridgehead atoms. The van der Waals surface area contributed by atoms with Crippen LogP contribution in [0, 0.1) is 6.85 Å². The molecule has 1 aromatic rings. The molecule has 0 radical (unpaired) electrons. The Balaban J connectivity index is 3.02. The van der Waals surface area contributed by atoms with E-state index < -0.39 is 6.85 Å². The maximum atomic E-state index is 7.12. The van der Waals surface area contributed by atoms with Gasteiger partial charge in [-0.15, -0.1) is 0 Å². The molecule has 48 valence electrons. The van der Waals surface area contributed by atoms with Crippen molar-refractivity contribution in [1.29, 1.82) is 0 Å². The molecule has 1 rings (SSSR count). The second-order valence-electron chi connectivity index (χ2n) is 1.73. The van der Waals surface area contributed by atoms with E-state index in [1.807, 2.05) is 0 Å². The summed E-state index contributed by atoms with van der Waals surface area (Å²) in [7, 11) is 1.51. The van der Waals surface area contributed by atoms with Crippen LogP contribution < -0.4 is 4.74 Å². The van der Waals surface area contributed by atoms with Crippen molar-refractivity contribution >= 4 is 0 Å². The van der Waals surface area contributed by atoms with Gasteiger partial charge >= 0.3 is 0 Å². The number of ether oxygens (including phenoxy) is 1. The maximum Gasteiger partial charge on any atom is 0.119 e. The van der Waals surface area contributed by atoms with Crippen molar-refractivity contribution in [2.45, 2.75) is 6.85 Å². The van der Waals surface area contributed by atoms with Gasteiger partial charge in [-0.3, -0.25) is 0 Å². The van der Waals surface area contributed by atoms with Crippen molar-refractivity contribution in [1.82, 2.24) is 0 Å². The summed E-state index contributed by atoms with van der Waals surface area (Å²) in [6, 6.07) is 6.47. The smallest absolute Gasteiger partial charge is 0.119 e. The SMILES string of the molecule is [2H]C([2H])([2H])c1cccc(OC)c1. The molecule has 0 aliphatic rings. The molecule has 0 N–H and O–H groups in total. The average molecular weight is 125 g/mol. The number of methoxy groups -OCH3 is 1. The highest BCUT2D eigenvalue weighted by atomic mass is 16.5. The van der Waals surface area contributed by atoms with Crippen LogP contribution in [0.2, 0.25) is 0 Å². The van der Waals surface area contributed by atoms with E-state index in [1.165, 1.54) is 13.2 Å². The van der Waals surface area contributed by atoms with Crippen LogP contribution in [0.15, 0.2) is 24.3 Å². The van der Waals surface area contributed by atoms with Crippen LogP contribution in [0.1, 0.15) is 9.68 Å². The minimum Gasteiger partial charge on any atom is -0.497 e. The van der Waals surface area contributed by atoms with Gasteiger partial charge in [0.15, 0.2) is 0 Å². The van der Waals surface area contributed by atoms with Gasteiger partial charge in [-0.1, -0.05) is 12.1 Å². The first-order valence-electron chi connectivity index (χ1n) is 4.18. The second-order valence-corrected chi connectivity index (χ2v) is 1.73. The van der Waals surface area contributed by atoms with Crippen LogP contribution in [0.25, 0.3) is 0 Å². The average Bonchev–Trinajstić information content (AvgIpc) is 2.03. The van der Waals surface area contributed by atoms with Crippen LogP contribution in [0.3, 0.4) is 0 Å². The normalized spacial score (nSPS) is 15.4. The highest BCUT2D eigenvalue weighted by Gasteiger charge is 1.86. The Morgan fingerprint density at radius 3 is 3.11 bits per heavy atom. The van der Waals surface area contributed by atoms with Gasteiger partial charge in [0.2, 0.25) is 0 Å². The topological polar surface area (TPSA) is 9.23 Å². The van der Waals surface area contributed by atoms with Crippen molar-refractivity contribution < 1.29 is 8.85 Å². The Labute approximate surface area is 59.5 Å². The summed E-state index contributed by atoms with van der Waals surface area (Å²) in [5.74, 6) is 0.573. The Morgan fingerprint density at radius 1 is 1.56 bits per heavy atom. The Morgan fingerprint density at radius 2 is 2.44 bits per heavy atom. The van der Waals surface area contributed by atoms with Crippen LogP contribution in [-0.4, -0.2) is 7.11 Å². The van der Waals surface area contributed by atoms with Crippen LogP contribution in [-0.2, 0) is 0 Å². The lowest BCUT2D eigenvalue weighted by atomic mass is 10.2. The van der Waals surface area contributed by atoms with Gasteiger partial charge in [0.1, 0.15) is 5.75 Å². The summed E-state index contributed by atoms with van der Waals surface area (Å²) in [4.78, 5) is 0. The fraction of sp³-hybridized carbons (Fsp3) is 0.250. The van der Waals surface area contributed by atoms with Gasteiger partial charge in [-0.25, -0.2) is 0 Å². The minimum atomic E-state index is -2.05. The molecule has 0 aromatic heterocycles. The molecule has 1 nitrogen and oxygen atoms in total. The van der Waals surface area contributed by atoms with Crippen molar-refractivity contribution in [3.05, 3.63) is 29.8 Å². The summed E-state index contributed by atoms with van der Waals surface area (Å²) >= 11 is 0. The summed E-state index contributed by atoms with van der Waals surface area (Å²) < 4.78 is 26.3. The molecule has 0 saturated carbocycles. The number of rotatable bonds is 1. The Bertz CT molecular complexity index is 267. The lowest BCUT2D eigenvalue weighted by molar-refractivity contribution is 0.414. The van der Waals surface area contributed by atoms with E-state index in [0.717, 1.165) is 0 Å². The van der Waals surface area contributed by atoms with E-state index in [0.29, 0.717) is 11.3 Å². The fourth-order valence-electron chi connectivity index (χ4n) is 0.623. The van der Waals surface area contributed by atoms with E-state index in [2.05, 4.69) is 0 Å². The molecule has 0 spiro atoms. The summed E-state index contributed by atoms with van der Waals surface area (Å²) in [5, 5.41) is 0. The van der Waals surface area contributed by atoms with Gasteiger partial charge < -0.3 is 4.74 Å². The molecule has 1 heteroatoms. The number of hydrogen-bond acceptors (Lipinski definition) is 1. The third-order valence-electron chi connectivity index (χ3n) is 1.07. The lowest BCUT2D eigenvalue weighted by Gasteiger charge is -1.97. The van der Waals surface area contributed by atoms with Crippen LogP contribution in [0.5, 0.6) is 5.75 Å². The van der Waals surface area contributed by atoms with Gasteiger partial charge in [0.05, 0.1) is 7.11 Å². The zero-order valence-electron chi connectivity index (χ0n) is 8.22. The van der Waals surface area contributed by atoms with Crippen LogP contribution in [0.4, 0.5) is 0 Å². The molecule has 0 saturated heterocycles. The molecule has 0 amide bonds. The van der Waals surface area contributed by atoms with Gasteiger partial charge in [0.25, 0.3) is 0 Å². The van der Waals surface area contributed by atoms with Crippen molar-refractivity contribution in [2.75, 3.05) is 7.11 Å². The molecule has 0 fully saturated rings. The van der Waals surface area contributed by atoms with E-state index in [1.54, 1.807) is 18.2 Å². The minimum absolute atomic E-state index is 0.307. The van der Waals surface area contributed by atoms with Crippen molar-refractivity contribution in [2.24, 2.45) is 0 Å². The third-order valence-corrected chi connectivity index (χ3v) is 1.07. The largest absolute Gasteiger partial charge is 0.497 e. The fourth-order valence-corrected chi connectivity index (χ4v) is 0.623. The highest BCUT2D eigenvalue weighted by molar-refractivity contribution is 5.27. The molecule has 9 heavy (non-hydrogen) atoms. The van der Waals surface area contributed by atoms with E-state index >= 15 is 0 Å². The lowest BCUT2D eigenvalue weighted by Crippen LogP contribution is -1.81. The van der Waals surface area contributed by atoms with Gasteiger partial charge in [0, 0.05) is 4.11 Å². The number of benzene rings is 1. The zero-order valence-corrected chi connectivity index (χ0v) is 5.22. The van der Waals surface area contributed by atoms with Crippen molar-refractivity contribution in [3.63, 3.8) is 0 Å². The summed E-state index contributed by atoms with van der Waals surface area (Å²) in [6.07, 6.45) is 0. The first-order chi connectivity index (χ1) is 5.54. The first kappa shape index (κ1) is 3.25. The number of hydrogen-bond donors (Lipinski definition) is 0. The monoisotopic (exact) mass is 125 g/mol.